The molecule has 0 radical (unpaired) electrons. The van der Waals surface area contributed by atoms with Crippen molar-refractivity contribution in [1.29, 1.82) is 5.26 Å². The summed E-state index contributed by atoms with van der Waals surface area (Å²) in [5.74, 6) is -0.548. The second-order valence-electron chi connectivity index (χ2n) is 3.75. The van der Waals surface area contributed by atoms with Crippen LogP contribution in [0.5, 0.6) is 0 Å². The van der Waals surface area contributed by atoms with Gasteiger partial charge >= 0.3 is 0 Å². The molecule has 0 saturated heterocycles. The van der Waals surface area contributed by atoms with Gasteiger partial charge in [0, 0.05) is 18.5 Å². The van der Waals surface area contributed by atoms with Crippen molar-refractivity contribution >= 4 is 23.2 Å². The number of hydrogen-bond acceptors (Lipinski definition) is 4. The molecule has 0 atom stereocenters. The van der Waals surface area contributed by atoms with E-state index in [0.717, 1.165) is 0 Å². The zero-order valence-corrected chi connectivity index (χ0v) is 10.6. The summed E-state index contributed by atoms with van der Waals surface area (Å²) in [6.07, 6.45) is 0.0615. The van der Waals surface area contributed by atoms with Gasteiger partial charge in [0.15, 0.2) is 0 Å². The van der Waals surface area contributed by atoms with Crippen LogP contribution in [0.1, 0.15) is 12.8 Å². The van der Waals surface area contributed by atoms with E-state index in [-0.39, 0.29) is 24.7 Å². The Kier molecular flexibility index (Phi) is 6.06. The number of carbonyl (C=O) groups excluding carboxylic acids is 2. The molecule has 1 aromatic rings. The average molecular weight is 261 g/mol. The summed E-state index contributed by atoms with van der Waals surface area (Å²) in [4.78, 5) is 22.7. The SMILES string of the molecule is COCCC(=O)Nc1cccc(NC(=O)CC#N)c1. The largest absolute Gasteiger partial charge is 0.384 e. The lowest BCUT2D eigenvalue weighted by Crippen LogP contribution is -2.14. The third kappa shape index (κ3) is 5.66. The van der Waals surface area contributed by atoms with Crippen molar-refractivity contribution in [2.24, 2.45) is 0 Å². The predicted octanol–water partition coefficient (Wildman–Crippen LogP) is 1.51. The summed E-state index contributed by atoms with van der Waals surface area (Å²) in [6.45, 7) is 0.352. The summed E-state index contributed by atoms with van der Waals surface area (Å²) in [5, 5.41) is 13.6. The number of methoxy groups -OCH3 is 1. The van der Waals surface area contributed by atoms with Crippen molar-refractivity contribution in [3.05, 3.63) is 24.3 Å². The average Bonchev–Trinajstić information content (AvgIpc) is 2.37. The Morgan fingerprint density at radius 2 is 1.89 bits per heavy atom. The van der Waals surface area contributed by atoms with Crippen molar-refractivity contribution in [3.8, 4) is 6.07 Å². The highest BCUT2D eigenvalue weighted by molar-refractivity contribution is 5.94. The topological polar surface area (TPSA) is 91.2 Å². The van der Waals surface area contributed by atoms with Gasteiger partial charge in [0.1, 0.15) is 6.42 Å². The number of benzene rings is 1. The van der Waals surface area contributed by atoms with Crippen LogP contribution >= 0.6 is 0 Å². The molecule has 2 amide bonds. The minimum Gasteiger partial charge on any atom is -0.384 e. The summed E-state index contributed by atoms with van der Waals surface area (Å²) in [6, 6.07) is 8.48. The van der Waals surface area contributed by atoms with Crippen LogP contribution in [-0.4, -0.2) is 25.5 Å². The van der Waals surface area contributed by atoms with Gasteiger partial charge in [-0.2, -0.15) is 5.26 Å². The number of nitrogens with one attached hydrogen (secondary N) is 2. The third-order valence-corrected chi connectivity index (χ3v) is 2.20. The molecule has 0 heterocycles. The van der Waals surface area contributed by atoms with Gasteiger partial charge in [-0.15, -0.1) is 0 Å². The Morgan fingerprint density at radius 3 is 2.47 bits per heavy atom. The Hall–Kier alpha value is -2.39. The number of rotatable bonds is 6. The minimum absolute atomic E-state index is 0.164. The Balaban J connectivity index is 2.59. The highest BCUT2D eigenvalue weighted by atomic mass is 16.5. The maximum absolute atomic E-state index is 11.5. The molecule has 0 spiro atoms. The van der Waals surface area contributed by atoms with Crippen molar-refractivity contribution < 1.29 is 14.3 Å². The summed E-state index contributed by atoms with van der Waals surface area (Å²) in [5.41, 5.74) is 1.11. The van der Waals surface area contributed by atoms with Crippen molar-refractivity contribution in [1.82, 2.24) is 0 Å². The van der Waals surface area contributed by atoms with Crippen LogP contribution in [0.4, 0.5) is 11.4 Å². The Bertz CT molecular complexity index is 494. The van der Waals surface area contributed by atoms with Crippen molar-refractivity contribution in [2.45, 2.75) is 12.8 Å². The monoisotopic (exact) mass is 261 g/mol. The standard InChI is InChI=1S/C13H15N3O3/c1-19-8-6-13(18)16-11-4-2-3-10(9-11)15-12(17)5-7-14/h2-4,9H,5-6,8H2,1H3,(H,15,17)(H,16,18). The summed E-state index contributed by atoms with van der Waals surface area (Å²) >= 11 is 0. The molecule has 100 valence electrons. The van der Waals surface area contributed by atoms with Gasteiger partial charge < -0.3 is 15.4 Å². The fraction of sp³-hybridized carbons (Fsp3) is 0.308. The quantitative estimate of drug-likeness (QED) is 0.812. The van der Waals surface area contributed by atoms with Crippen LogP contribution < -0.4 is 10.6 Å². The maximum Gasteiger partial charge on any atom is 0.238 e. The zero-order valence-electron chi connectivity index (χ0n) is 10.6. The first-order chi connectivity index (χ1) is 9.15. The van der Waals surface area contributed by atoms with E-state index in [1.807, 2.05) is 0 Å². The van der Waals surface area contributed by atoms with Crippen LogP contribution in [0.2, 0.25) is 0 Å². The lowest BCUT2D eigenvalue weighted by Gasteiger charge is -2.07. The molecule has 0 aromatic heterocycles. The van der Waals surface area contributed by atoms with Gasteiger partial charge in [0.25, 0.3) is 0 Å². The van der Waals surface area contributed by atoms with Crippen LogP contribution in [0.25, 0.3) is 0 Å². The van der Waals surface area contributed by atoms with Gasteiger partial charge in [-0.3, -0.25) is 9.59 Å². The molecule has 0 aliphatic rings. The molecular formula is C13H15N3O3. The number of nitriles is 1. The first-order valence-corrected chi connectivity index (χ1v) is 5.71. The van der Waals surface area contributed by atoms with E-state index >= 15 is 0 Å². The van der Waals surface area contributed by atoms with Gasteiger partial charge in [0.05, 0.1) is 19.1 Å². The highest BCUT2D eigenvalue weighted by Gasteiger charge is 2.04. The van der Waals surface area contributed by atoms with Crippen molar-refractivity contribution in [2.75, 3.05) is 24.4 Å². The molecule has 1 rings (SSSR count). The molecular weight excluding hydrogens is 246 g/mol. The Morgan fingerprint density at radius 1 is 1.26 bits per heavy atom. The number of ether oxygens (including phenoxy) is 1. The molecule has 6 heteroatoms. The van der Waals surface area contributed by atoms with E-state index < -0.39 is 0 Å². The molecule has 0 fully saturated rings. The van der Waals surface area contributed by atoms with E-state index in [9.17, 15) is 9.59 Å². The number of nitrogens with zero attached hydrogens (tertiary/aromatic N) is 1. The fourth-order valence-electron chi connectivity index (χ4n) is 1.37. The second-order valence-corrected chi connectivity index (χ2v) is 3.75. The van der Waals surface area contributed by atoms with Crippen molar-refractivity contribution in [3.63, 3.8) is 0 Å². The fourth-order valence-corrected chi connectivity index (χ4v) is 1.37. The van der Waals surface area contributed by atoms with Gasteiger partial charge in [-0.1, -0.05) is 6.07 Å². The molecule has 0 saturated carbocycles. The number of carbonyl (C=O) groups is 2. The predicted molar refractivity (Wildman–Crippen MR) is 70.4 cm³/mol. The first-order valence-electron chi connectivity index (χ1n) is 5.71. The molecule has 1 aromatic carbocycles. The first kappa shape index (κ1) is 14.7. The minimum atomic E-state index is -0.384. The van der Waals surface area contributed by atoms with E-state index in [1.165, 1.54) is 7.11 Å². The molecule has 0 bridgehead atoms. The van der Waals surface area contributed by atoms with E-state index in [0.29, 0.717) is 18.0 Å². The number of anilines is 2. The smallest absolute Gasteiger partial charge is 0.238 e. The lowest BCUT2D eigenvalue weighted by molar-refractivity contribution is -0.117. The molecule has 6 nitrogen and oxygen atoms in total. The summed E-state index contributed by atoms with van der Waals surface area (Å²) < 4.78 is 4.80. The lowest BCUT2D eigenvalue weighted by atomic mass is 10.2. The molecule has 0 aliphatic carbocycles. The van der Waals surface area contributed by atoms with E-state index in [2.05, 4.69) is 10.6 Å². The number of hydrogen-bond donors (Lipinski definition) is 2. The summed E-state index contributed by atoms with van der Waals surface area (Å²) in [7, 11) is 1.53. The molecule has 0 unspecified atom stereocenters. The molecule has 2 N–H and O–H groups in total. The van der Waals surface area contributed by atoms with Gasteiger partial charge in [0.2, 0.25) is 11.8 Å². The highest BCUT2D eigenvalue weighted by Crippen LogP contribution is 2.15. The third-order valence-electron chi connectivity index (χ3n) is 2.20. The van der Waals surface area contributed by atoms with Crippen LogP contribution in [0, 0.1) is 11.3 Å². The second kappa shape index (κ2) is 7.84. The van der Waals surface area contributed by atoms with Crippen LogP contribution in [-0.2, 0) is 14.3 Å². The Labute approximate surface area is 111 Å². The van der Waals surface area contributed by atoms with E-state index in [4.69, 9.17) is 10.00 Å². The zero-order chi connectivity index (χ0) is 14.1. The van der Waals surface area contributed by atoms with Crippen LogP contribution in [0.15, 0.2) is 24.3 Å². The normalized spacial score (nSPS) is 9.47. The maximum atomic E-state index is 11.5. The number of amides is 2. The van der Waals surface area contributed by atoms with E-state index in [1.54, 1.807) is 30.3 Å². The molecule has 19 heavy (non-hydrogen) atoms. The van der Waals surface area contributed by atoms with Crippen LogP contribution in [0.3, 0.4) is 0 Å². The molecule has 0 aliphatic heterocycles. The van der Waals surface area contributed by atoms with Gasteiger partial charge in [-0.05, 0) is 18.2 Å². The van der Waals surface area contributed by atoms with Gasteiger partial charge in [-0.25, -0.2) is 0 Å².